The molecule has 0 aliphatic heterocycles. The molecule has 0 saturated carbocycles. The standard InChI is InChI=1S/C26H28N2O3/c1-4-20-14-16-22(17-15-20)31-19(2)25(29)27-24-13-9-8-12-23(24)26(30)28(3)18-21-10-6-5-7-11-21/h5-17,19H,4,18H2,1-3H3,(H,27,29)/t19-/m0/s1. The van der Waals surface area contributed by atoms with E-state index in [9.17, 15) is 9.59 Å². The van der Waals surface area contributed by atoms with Crippen LogP contribution >= 0.6 is 0 Å². The molecule has 5 heteroatoms. The van der Waals surface area contributed by atoms with Crippen LogP contribution in [0.1, 0.15) is 35.3 Å². The maximum atomic E-state index is 13.0. The van der Waals surface area contributed by atoms with E-state index in [1.54, 1.807) is 43.1 Å². The van der Waals surface area contributed by atoms with E-state index < -0.39 is 6.10 Å². The highest BCUT2D eigenvalue weighted by Crippen LogP contribution is 2.20. The summed E-state index contributed by atoms with van der Waals surface area (Å²) in [5.41, 5.74) is 3.15. The fourth-order valence-corrected chi connectivity index (χ4v) is 3.21. The highest BCUT2D eigenvalue weighted by atomic mass is 16.5. The van der Waals surface area contributed by atoms with Gasteiger partial charge in [0.15, 0.2) is 6.10 Å². The van der Waals surface area contributed by atoms with Gasteiger partial charge in [-0.05, 0) is 48.7 Å². The number of nitrogens with one attached hydrogen (secondary N) is 1. The van der Waals surface area contributed by atoms with E-state index in [1.165, 1.54) is 5.56 Å². The molecular weight excluding hydrogens is 388 g/mol. The normalized spacial score (nSPS) is 11.5. The molecule has 0 bridgehead atoms. The first-order chi connectivity index (χ1) is 15.0. The highest BCUT2D eigenvalue weighted by Gasteiger charge is 2.20. The van der Waals surface area contributed by atoms with Crippen molar-refractivity contribution in [1.29, 1.82) is 0 Å². The average molecular weight is 417 g/mol. The summed E-state index contributed by atoms with van der Waals surface area (Å²) in [5.74, 6) is 0.154. The Morgan fingerprint density at radius 3 is 2.23 bits per heavy atom. The Kier molecular flexibility index (Phi) is 7.44. The van der Waals surface area contributed by atoms with E-state index in [2.05, 4.69) is 12.2 Å². The number of amides is 2. The van der Waals surface area contributed by atoms with E-state index in [4.69, 9.17) is 4.74 Å². The molecule has 0 saturated heterocycles. The molecule has 0 unspecified atom stereocenters. The fraction of sp³-hybridized carbons (Fsp3) is 0.231. The molecule has 0 radical (unpaired) electrons. The van der Waals surface area contributed by atoms with Crippen LogP contribution in [-0.2, 0) is 17.8 Å². The van der Waals surface area contributed by atoms with Gasteiger partial charge in [0.05, 0.1) is 11.3 Å². The third kappa shape index (κ3) is 5.95. The van der Waals surface area contributed by atoms with Gasteiger partial charge in [0, 0.05) is 13.6 Å². The lowest BCUT2D eigenvalue weighted by atomic mass is 10.1. The average Bonchev–Trinajstić information content (AvgIpc) is 2.80. The van der Waals surface area contributed by atoms with Crippen LogP contribution in [0, 0.1) is 0 Å². The molecule has 1 atom stereocenters. The van der Waals surface area contributed by atoms with Gasteiger partial charge in [0.25, 0.3) is 11.8 Å². The topological polar surface area (TPSA) is 58.6 Å². The maximum absolute atomic E-state index is 13.0. The van der Waals surface area contributed by atoms with Crippen molar-refractivity contribution in [3.63, 3.8) is 0 Å². The second-order valence-corrected chi connectivity index (χ2v) is 7.44. The van der Waals surface area contributed by atoms with E-state index in [0.717, 1.165) is 12.0 Å². The first-order valence-electron chi connectivity index (χ1n) is 10.4. The van der Waals surface area contributed by atoms with Gasteiger partial charge in [0.2, 0.25) is 0 Å². The molecule has 0 aliphatic rings. The summed E-state index contributed by atoms with van der Waals surface area (Å²) in [7, 11) is 1.75. The number of hydrogen-bond donors (Lipinski definition) is 1. The minimum Gasteiger partial charge on any atom is -0.481 e. The maximum Gasteiger partial charge on any atom is 0.265 e. The number of carbonyl (C=O) groups excluding carboxylic acids is 2. The minimum absolute atomic E-state index is 0.163. The Hall–Kier alpha value is -3.60. The largest absolute Gasteiger partial charge is 0.481 e. The van der Waals surface area contributed by atoms with Gasteiger partial charge in [0.1, 0.15) is 5.75 Å². The van der Waals surface area contributed by atoms with Crippen molar-refractivity contribution in [3.8, 4) is 5.75 Å². The summed E-state index contributed by atoms with van der Waals surface area (Å²) in [6.45, 7) is 4.26. The number of hydrogen-bond acceptors (Lipinski definition) is 3. The van der Waals surface area contributed by atoms with Crippen LogP contribution in [-0.4, -0.2) is 29.9 Å². The van der Waals surface area contributed by atoms with Crippen molar-refractivity contribution in [2.75, 3.05) is 12.4 Å². The summed E-state index contributed by atoms with van der Waals surface area (Å²) in [5, 5.41) is 2.84. The number of aryl methyl sites for hydroxylation is 1. The van der Waals surface area contributed by atoms with E-state index >= 15 is 0 Å². The van der Waals surface area contributed by atoms with Crippen molar-refractivity contribution >= 4 is 17.5 Å². The zero-order valence-corrected chi connectivity index (χ0v) is 18.2. The first-order valence-corrected chi connectivity index (χ1v) is 10.4. The van der Waals surface area contributed by atoms with Gasteiger partial charge in [-0.15, -0.1) is 0 Å². The number of para-hydroxylation sites is 1. The second kappa shape index (κ2) is 10.4. The first kappa shape index (κ1) is 22.1. The zero-order valence-electron chi connectivity index (χ0n) is 18.2. The lowest BCUT2D eigenvalue weighted by molar-refractivity contribution is -0.122. The molecule has 0 aliphatic carbocycles. The highest BCUT2D eigenvalue weighted by molar-refractivity contribution is 6.04. The van der Waals surface area contributed by atoms with Crippen LogP contribution in [0.5, 0.6) is 5.75 Å². The molecule has 5 nitrogen and oxygen atoms in total. The lowest BCUT2D eigenvalue weighted by Crippen LogP contribution is -2.32. The molecule has 0 heterocycles. The van der Waals surface area contributed by atoms with Crippen LogP contribution in [0.3, 0.4) is 0 Å². The smallest absolute Gasteiger partial charge is 0.265 e. The third-order valence-corrected chi connectivity index (χ3v) is 5.04. The van der Waals surface area contributed by atoms with E-state index in [1.807, 2.05) is 54.6 Å². The van der Waals surface area contributed by atoms with Crippen molar-refractivity contribution in [2.45, 2.75) is 32.9 Å². The molecule has 31 heavy (non-hydrogen) atoms. The Morgan fingerprint density at radius 2 is 1.55 bits per heavy atom. The van der Waals surface area contributed by atoms with Crippen molar-refractivity contribution in [1.82, 2.24) is 4.90 Å². The van der Waals surface area contributed by atoms with Crippen molar-refractivity contribution in [2.24, 2.45) is 0 Å². The number of nitrogens with zero attached hydrogens (tertiary/aromatic N) is 1. The summed E-state index contributed by atoms with van der Waals surface area (Å²) < 4.78 is 5.77. The molecule has 0 fully saturated rings. The van der Waals surface area contributed by atoms with Crippen LogP contribution in [0.2, 0.25) is 0 Å². The Morgan fingerprint density at radius 1 is 0.903 bits per heavy atom. The van der Waals surface area contributed by atoms with Gasteiger partial charge < -0.3 is 15.0 Å². The molecule has 3 aromatic carbocycles. The quantitative estimate of drug-likeness (QED) is 0.567. The molecule has 3 rings (SSSR count). The van der Waals surface area contributed by atoms with E-state index in [-0.39, 0.29) is 11.8 Å². The SMILES string of the molecule is CCc1ccc(O[C@@H](C)C(=O)Nc2ccccc2C(=O)N(C)Cc2ccccc2)cc1. The zero-order chi connectivity index (χ0) is 22.2. The van der Waals surface area contributed by atoms with Crippen LogP contribution in [0.4, 0.5) is 5.69 Å². The molecule has 160 valence electrons. The Bertz CT molecular complexity index is 1020. The number of benzene rings is 3. The van der Waals surface area contributed by atoms with Crippen LogP contribution in [0.25, 0.3) is 0 Å². The number of anilines is 1. The number of carbonyl (C=O) groups is 2. The second-order valence-electron chi connectivity index (χ2n) is 7.44. The van der Waals surface area contributed by atoms with Crippen molar-refractivity contribution < 1.29 is 14.3 Å². The minimum atomic E-state index is -0.710. The summed E-state index contributed by atoms with van der Waals surface area (Å²) >= 11 is 0. The van der Waals surface area contributed by atoms with Gasteiger partial charge in [-0.1, -0.05) is 61.5 Å². The van der Waals surface area contributed by atoms with Crippen molar-refractivity contribution in [3.05, 3.63) is 95.6 Å². The molecule has 2 amide bonds. The number of ether oxygens (including phenoxy) is 1. The predicted molar refractivity (Wildman–Crippen MR) is 123 cm³/mol. The van der Waals surface area contributed by atoms with Crippen LogP contribution < -0.4 is 10.1 Å². The summed E-state index contributed by atoms with van der Waals surface area (Å²) in [6, 6.07) is 24.5. The fourth-order valence-electron chi connectivity index (χ4n) is 3.21. The summed E-state index contributed by atoms with van der Waals surface area (Å²) in [6.07, 6.45) is 0.234. The molecule has 0 spiro atoms. The van der Waals surface area contributed by atoms with E-state index in [0.29, 0.717) is 23.5 Å². The lowest BCUT2D eigenvalue weighted by Gasteiger charge is -2.20. The van der Waals surface area contributed by atoms with Gasteiger partial charge in [-0.25, -0.2) is 0 Å². The molecule has 0 aromatic heterocycles. The number of rotatable bonds is 8. The molecule has 3 aromatic rings. The Labute approximate surface area is 183 Å². The Balaban J connectivity index is 1.67. The van der Waals surface area contributed by atoms with Gasteiger partial charge in [-0.2, -0.15) is 0 Å². The molecular formula is C26H28N2O3. The molecule has 1 N–H and O–H groups in total. The predicted octanol–water partition coefficient (Wildman–Crippen LogP) is 4.93. The monoisotopic (exact) mass is 416 g/mol. The van der Waals surface area contributed by atoms with Crippen LogP contribution in [0.15, 0.2) is 78.9 Å². The van der Waals surface area contributed by atoms with Gasteiger partial charge >= 0.3 is 0 Å². The summed E-state index contributed by atoms with van der Waals surface area (Å²) in [4.78, 5) is 27.4. The third-order valence-electron chi connectivity index (χ3n) is 5.04. The van der Waals surface area contributed by atoms with Gasteiger partial charge in [-0.3, -0.25) is 9.59 Å².